The normalized spacial score (nSPS) is 16.6. The van der Waals surface area contributed by atoms with E-state index < -0.39 is 23.9 Å². The van der Waals surface area contributed by atoms with E-state index >= 15 is 0 Å². The molecule has 0 aromatic heterocycles. The molecular formula is C22H19N3O7S. The number of rotatable bonds is 8. The molecule has 0 aliphatic carbocycles. The first kappa shape index (κ1) is 23.5. The van der Waals surface area contributed by atoms with Gasteiger partial charge in [0.15, 0.2) is 16.7 Å². The van der Waals surface area contributed by atoms with Crippen molar-refractivity contribution in [1.29, 1.82) is 0 Å². The number of thioether (sulfide) groups is 1. The van der Waals surface area contributed by atoms with Crippen LogP contribution in [-0.4, -0.2) is 48.6 Å². The number of methoxy groups -OCH3 is 2. The van der Waals surface area contributed by atoms with Crippen molar-refractivity contribution in [3.05, 3.63) is 70.6 Å². The number of benzene rings is 2. The fourth-order valence-electron chi connectivity index (χ4n) is 2.67. The van der Waals surface area contributed by atoms with Gasteiger partial charge in [-0.25, -0.2) is 9.59 Å². The molecule has 1 fully saturated rings. The van der Waals surface area contributed by atoms with Gasteiger partial charge in [-0.1, -0.05) is 30.3 Å². The minimum atomic E-state index is -1.24. The lowest BCUT2D eigenvalue weighted by Gasteiger charge is -2.17. The van der Waals surface area contributed by atoms with Crippen LogP contribution in [0.15, 0.2) is 69.7 Å². The third kappa shape index (κ3) is 6.20. The Morgan fingerprint density at radius 3 is 2.55 bits per heavy atom. The molecule has 1 aliphatic heterocycles. The molecule has 2 aromatic carbocycles. The smallest absolute Gasteiger partial charge is 0.349 e. The van der Waals surface area contributed by atoms with Gasteiger partial charge in [0.05, 0.1) is 25.3 Å². The lowest BCUT2D eigenvalue weighted by molar-refractivity contribution is -0.145. The van der Waals surface area contributed by atoms with Gasteiger partial charge in [0.1, 0.15) is 0 Å². The van der Waals surface area contributed by atoms with E-state index in [1.54, 1.807) is 48.5 Å². The second kappa shape index (κ2) is 11.0. The van der Waals surface area contributed by atoms with Crippen LogP contribution in [0.4, 0.5) is 0 Å². The molecule has 33 heavy (non-hydrogen) atoms. The summed E-state index contributed by atoms with van der Waals surface area (Å²) in [6.45, 7) is 0. The Balaban J connectivity index is 1.78. The summed E-state index contributed by atoms with van der Waals surface area (Å²) in [7, 11) is 2.65. The highest BCUT2D eigenvalue weighted by molar-refractivity contribution is 8.18. The van der Waals surface area contributed by atoms with Crippen LogP contribution in [0.3, 0.4) is 0 Å². The number of carbonyl (C=O) groups is 3. The Kier molecular flexibility index (Phi) is 7.82. The highest BCUT2D eigenvalue weighted by atomic mass is 32.2. The van der Waals surface area contributed by atoms with E-state index in [1.807, 2.05) is 0 Å². The van der Waals surface area contributed by atoms with Crippen molar-refractivity contribution in [3.8, 4) is 11.5 Å². The van der Waals surface area contributed by atoms with E-state index in [2.05, 4.69) is 20.3 Å². The first-order valence-electron chi connectivity index (χ1n) is 9.43. The van der Waals surface area contributed by atoms with Crippen molar-refractivity contribution in [2.24, 2.45) is 10.2 Å². The maximum absolute atomic E-state index is 11.8. The zero-order chi connectivity index (χ0) is 23.8. The van der Waals surface area contributed by atoms with Crippen LogP contribution < -0.4 is 14.8 Å². The number of ether oxygens (including phenoxy) is 3. The quantitative estimate of drug-likeness (QED) is 0.261. The van der Waals surface area contributed by atoms with Crippen molar-refractivity contribution in [2.45, 2.75) is 6.10 Å². The first-order chi connectivity index (χ1) is 15.9. The monoisotopic (exact) mass is 469 g/mol. The van der Waals surface area contributed by atoms with Crippen LogP contribution in [0.1, 0.15) is 17.2 Å². The summed E-state index contributed by atoms with van der Waals surface area (Å²) < 4.78 is 15.5. The Morgan fingerprint density at radius 2 is 1.88 bits per heavy atom. The topological polar surface area (TPSA) is 136 Å². The largest absolute Gasteiger partial charge is 0.493 e. The van der Waals surface area contributed by atoms with Crippen molar-refractivity contribution < 1.29 is 33.7 Å². The van der Waals surface area contributed by atoms with E-state index in [-0.39, 0.29) is 15.8 Å². The highest BCUT2D eigenvalue weighted by Crippen LogP contribution is 2.32. The van der Waals surface area contributed by atoms with Gasteiger partial charge in [-0.3, -0.25) is 10.1 Å². The van der Waals surface area contributed by atoms with Gasteiger partial charge in [-0.15, -0.1) is 5.10 Å². The summed E-state index contributed by atoms with van der Waals surface area (Å²) in [4.78, 5) is 35.0. The summed E-state index contributed by atoms with van der Waals surface area (Å²) >= 11 is 0.942. The number of hydrogen-bond donors (Lipinski definition) is 2. The van der Waals surface area contributed by atoms with Crippen LogP contribution in [0.25, 0.3) is 0 Å². The lowest BCUT2D eigenvalue weighted by Crippen LogP contribution is -2.19. The Bertz CT molecular complexity index is 1150. The summed E-state index contributed by atoms with van der Waals surface area (Å²) in [6.07, 6.45) is 1.22. The SMILES string of the molecule is COC(=O)/C=C1/S/C(=N\N=Cc2ccc(OC)c(OC(C(=O)O)c3ccccc3)c2)NC1=O. The predicted molar refractivity (Wildman–Crippen MR) is 121 cm³/mol. The van der Waals surface area contributed by atoms with Gasteiger partial charge in [-0.05, 0) is 35.5 Å². The van der Waals surface area contributed by atoms with Gasteiger partial charge in [0.25, 0.3) is 5.91 Å². The zero-order valence-electron chi connectivity index (χ0n) is 17.6. The number of carboxylic acid groups (broad SMARTS) is 1. The molecule has 0 bridgehead atoms. The van der Waals surface area contributed by atoms with Crippen LogP contribution >= 0.6 is 11.8 Å². The van der Waals surface area contributed by atoms with Gasteiger partial charge in [-0.2, -0.15) is 5.10 Å². The first-order valence-corrected chi connectivity index (χ1v) is 10.2. The average Bonchev–Trinajstić information content (AvgIpc) is 3.16. The Hall–Kier alpha value is -4.12. The van der Waals surface area contributed by atoms with Crippen molar-refractivity contribution >= 4 is 41.0 Å². The molecule has 2 aromatic rings. The number of hydrogen-bond acceptors (Lipinski definition) is 9. The van der Waals surface area contributed by atoms with Crippen molar-refractivity contribution in [1.82, 2.24) is 5.32 Å². The molecule has 11 heteroatoms. The summed E-state index contributed by atoms with van der Waals surface area (Å²) in [5, 5.41) is 20.1. The second-order valence-corrected chi connectivity index (χ2v) is 7.43. The van der Waals surface area contributed by atoms with E-state index in [0.29, 0.717) is 16.9 Å². The van der Waals surface area contributed by atoms with E-state index in [9.17, 15) is 19.5 Å². The molecule has 1 unspecified atom stereocenters. The number of amidine groups is 1. The molecule has 1 amide bonds. The molecule has 0 radical (unpaired) electrons. The van der Waals surface area contributed by atoms with Gasteiger partial charge in [0, 0.05) is 11.6 Å². The Labute approximate surface area is 192 Å². The average molecular weight is 469 g/mol. The third-order valence-corrected chi connectivity index (χ3v) is 5.12. The molecule has 0 saturated carbocycles. The van der Waals surface area contributed by atoms with Crippen molar-refractivity contribution in [2.75, 3.05) is 14.2 Å². The minimum absolute atomic E-state index is 0.136. The van der Waals surface area contributed by atoms with Gasteiger partial charge in [0.2, 0.25) is 6.10 Å². The van der Waals surface area contributed by atoms with E-state index in [4.69, 9.17) is 9.47 Å². The predicted octanol–water partition coefficient (Wildman–Crippen LogP) is 2.51. The molecule has 1 aliphatic rings. The molecule has 0 spiro atoms. The van der Waals surface area contributed by atoms with E-state index in [0.717, 1.165) is 17.8 Å². The fraction of sp³-hybridized carbons (Fsp3) is 0.136. The second-order valence-electron chi connectivity index (χ2n) is 6.39. The maximum atomic E-state index is 11.8. The Morgan fingerprint density at radius 1 is 1.12 bits per heavy atom. The standard InChI is InChI=1S/C22H19N3O7S/c1-30-15-9-8-13(10-16(15)32-19(21(28)29)14-6-4-3-5-7-14)12-23-25-22-24-20(27)17(33-22)11-18(26)31-2/h3-12,19H,1-2H3,(H,28,29)(H,24,25,27)/b17-11+,23-12?. The fourth-order valence-corrected chi connectivity index (χ4v) is 3.41. The van der Waals surface area contributed by atoms with Crippen LogP contribution in [0.2, 0.25) is 0 Å². The molecule has 3 rings (SSSR count). The van der Waals surface area contributed by atoms with Crippen LogP contribution in [0, 0.1) is 0 Å². The lowest BCUT2D eigenvalue weighted by atomic mass is 10.1. The number of carbonyl (C=O) groups excluding carboxylic acids is 2. The van der Waals surface area contributed by atoms with E-state index in [1.165, 1.54) is 20.4 Å². The summed E-state index contributed by atoms with van der Waals surface area (Å²) in [5.41, 5.74) is 1.02. The number of esters is 1. The summed E-state index contributed by atoms with van der Waals surface area (Å²) in [6, 6.07) is 13.4. The zero-order valence-corrected chi connectivity index (χ0v) is 18.4. The molecule has 170 valence electrons. The van der Waals surface area contributed by atoms with Gasteiger partial charge < -0.3 is 19.3 Å². The third-order valence-electron chi connectivity index (χ3n) is 4.22. The van der Waals surface area contributed by atoms with Crippen LogP contribution in [-0.2, 0) is 19.1 Å². The number of nitrogens with zero attached hydrogens (tertiary/aromatic N) is 2. The molecule has 1 atom stereocenters. The number of nitrogens with one attached hydrogen (secondary N) is 1. The number of amides is 1. The molecule has 1 heterocycles. The molecular weight excluding hydrogens is 450 g/mol. The highest BCUT2D eigenvalue weighted by Gasteiger charge is 2.25. The van der Waals surface area contributed by atoms with Gasteiger partial charge >= 0.3 is 11.9 Å². The van der Waals surface area contributed by atoms with Crippen molar-refractivity contribution in [3.63, 3.8) is 0 Å². The molecule has 1 saturated heterocycles. The molecule has 2 N–H and O–H groups in total. The number of carboxylic acids is 1. The van der Waals surface area contributed by atoms with Crippen LogP contribution in [0.5, 0.6) is 11.5 Å². The molecule has 10 nitrogen and oxygen atoms in total. The maximum Gasteiger partial charge on any atom is 0.349 e. The summed E-state index contributed by atoms with van der Waals surface area (Å²) in [5.74, 6) is -1.74. The minimum Gasteiger partial charge on any atom is -0.493 e. The number of aliphatic carboxylic acids is 1.